The zero-order valence-electron chi connectivity index (χ0n) is 44.1. The minimum atomic E-state index is -1.04. The molecule has 22 nitrogen and oxygen atoms in total. The second-order valence-electron chi connectivity index (χ2n) is 21.6. The van der Waals surface area contributed by atoms with E-state index in [0.717, 1.165) is 12.8 Å². The van der Waals surface area contributed by atoms with Crippen molar-refractivity contribution in [2.75, 3.05) is 53.6 Å². The van der Waals surface area contributed by atoms with E-state index in [1.54, 1.807) is 47.9 Å². The number of carbonyl (C=O) groups excluding carboxylic acids is 8. The molecule has 0 bridgehead atoms. The third-order valence-electron chi connectivity index (χ3n) is 13.5. The Kier molecular flexibility index (Phi) is 20.1. The van der Waals surface area contributed by atoms with Crippen molar-refractivity contribution in [1.29, 1.82) is 0 Å². The lowest BCUT2D eigenvalue weighted by Crippen LogP contribution is -2.60. The summed E-state index contributed by atoms with van der Waals surface area (Å²) >= 11 is 0. The molecular weight excluding hydrogens is 933 g/mol. The van der Waals surface area contributed by atoms with Gasteiger partial charge in [-0.3, -0.25) is 38.4 Å². The number of hydrogen-bond donors (Lipinski definition) is 8. The van der Waals surface area contributed by atoms with Gasteiger partial charge >= 0.3 is 0 Å². The average Bonchev–Trinajstić information content (AvgIpc) is 3.98. The third kappa shape index (κ3) is 14.9. The SMILES string of the molecule is CN[C@@H](C)C(=O)N[C@H](C(=O)N1C[C@@H](NC(=O)c2cccc(C(=O)N[C@H]3C[C@@H](C(=O)N[C@H](C)C4OCCCO4)N(C(=O)[C@@H](NC(=O)[C@H](C)NC)C(C)(C)C)C3)c2)C[C@H]1C(=O)N[C@H](C)C1OCCCO1)C(C)(C)C. The minimum absolute atomic E-state index is 0.0414. The lowest BCUT2D eigenvalue weighted by molar-refractivity contribution is -0.192. The first-order chi connectivity index (χ1) is 33.8. The maximum atomic E-state index is 14.5. The first-order valence-corrected chi connectivity index (χ1v) is 25.2. The van der Waals surface area contributed by atoms with Crippen molar-refractivity contribution in [3.05, 3.63) is 35.4 Å². The van der Waals surface area contributed by atoms with Gasteiger partial charge in [-0.25, -0.2) is 0 Å². The monoisotopic (exact) mass is 1010 g/mol. The zero-order chi connectivity index (χ0) is 53.2. The fourth-order valence-electron chi connectivity index (χ4n) is 9.00. The van der Waals surface area contributed by atoms with Gasteiger partial charge < -0.3 is 71.3 Å². The molecule has 5 rings (SSSR count). The van der Waals surface area contributed by atoms with Crippen molar-refractivity contribution >= 4 is 47.3 Å². The molecule has 4 fully saturated rings. The molecule has 0 saturated carbocycles. The maximum Gasteiger partial charge on any atom is 0.251 e. The number of likely N-dealkylation sites (tertiary alicyclic amines) is 2. The maximum absolute atomic E-state index is 14.5. The van der Waals surface area contributed by atoms with E-state index in [1.807, 2.05) is 41.5 Å². The quantitative estimate of drug-likeness (QED) is 0.0955. The largest absolute Gasteiger partial charge is 0.350 e. The zero-order valence-corrected chi connectivity index (χ0v) is 44.1. The Balaban J connectivity index is 1.33. The number of ether oxygens (including phenoxy) is 4. The van der Waals surface area contributed by atoms with Crippen LogP contribution in [-0.4, -0.2) is 184 Å². The molecular formula is C50H80N10O12. The van der Waals surface area contributed by atoms with Crippen LogP contribution in [0.1, 0.15) is 116 Å². The fraction of sp³-hybridized carbons (Fsp3) is 0.720. The first kappa shape index (κ1) is 57.6. The Morgan fingerprint density at radius 1 is 0.556 bits per heavy atom. The Bertz CT molecular complexity index is 1960. The van der Waals surface area contributed by atoms with Crippen molar-refractivity contribution < 1.29 is 57.3 Å². The van der Waals surface area contributed by atoms with Crippen LogP contribution in [0.3, 0.4) is 0 Å². The molecule has 0 unspecified atom stereocenters. The molecule has 4 heterocycles. The molecule has 72 heavy (non-hydrogen) atoms. The van der Waals surface area contributed by atoms with Gasteiger partial charge in [-0.2, -0.15) is 0 Å². The van der Waals surface area contributed by atoms with Gasteiger partial charge in [-0.05, 0) is 96.5 Å². The highest BCUT2D eigenvalue weighted by Gasteiger charge is 2.48. The van der Waals surface area contributed by atoms with Crippen LogP contribution < -0.4 is 42.5 Å². The number of nitrogens with zero attached hydrogens (tertiary/aromatic N) is 2. The second-order valence-corrected chi connectivity index (χ2v) is 21.6. The van der Waals surface area contributed by atoms with E-state index in [9.17, 15) is 38.4 Å². The predicted octanol–water partition coefficient (Wildman–Crippen LogP) is -0.102. The van der Waals surface area contributed by atoms with Crippen LogP contribution >= 0.6 is 0 Å². The minimum Gasteiger partial charge on any atom is -0.350 e. The standard InChI is InChI=1S/C50H80N10O12/c1-27(51-11)39(61)57-37(49(5,6)7)45(67)59-25-33(23-35(59)43(65)53-29(3)47-69-18-14-19-70-47)55-41(63)31-16-13-17-32(22-31)42(64)56-34-24-36(44(66)54-30(4)48-71-20-15-21-72-48)60(26-34)46(68)38(50(8,9)10)58-40(62)28(2)52-12/h13,16-17,22,27-30,33-38,47-48,51-52H,14-15,18-21,23-26H2,1-12H3,(H,53,65)(H,54,66)(H,55,63)(H,56,64)(H,57,61)(H,58,62)/t27-,28-,29+,30+,33-,34-,35-,36-,37+,38+/m0/s1. The average molecular weight is 1010 g/mol. The number of amides is 8. The summed E-state index contributed by atoms with van der Waals surface area (Å²) in [6.07, 6.45) is 0.145. The van der Waals surface area contributed by atoms with Gasteiger partial charge in [-0.1, -0.05) is 47.6 Å². The Labute approximate surface area is 423 Å². The first-order valence-electron chi connectivity index (χ1n) is 25.2. The van der Waals surface area contributed by atoms with Crippen LogP contribution in [0.2, 0.25) is 0 Å². The van der Waals surface area contributed by atoms with E-state index in [1.165, 1.54) is 28.0 Å². The van der Waals surface area contributed by atoms with Crippen molar-refractivity contribution in [2.45, 2.75) is 168 Å². The van der Waals surface area contributed by atoms with Gasteiger partial charge in [0.15, 0.2) is 12.6 Å². The molecule has 0 spiro atoms. The summed E-state index contributed by atoms with van der Waals surface area (Å²) in [5.41, 5.74) is -1.29. The van der Waals surface area contributed by atoms with Gasteiger partial charge in [0.1, 0.15) is 24.2 Å². The topological polar surface area (TPSA) is 276 Å². The van der Waals surface area contributed by atoms with Gasteiger partial charge in [0.05, 0.1) is 50.6 Å². The third-order valence-corrected chi connectivity index (χ3v) is 13.5. The highest BCUT2D eigenvalue weighted by molar-refractivity contribution is 6.01. The number of benzene rings is 1. The number of rotatable bonds is 18. The lowest BCUT2D eigenvalue weighted by atomic mass is 9.85. The number of carbonyl (C=O) groups is 8. The van der Waals surface area contributed by atoms with Gasteiger partial charge in [0.2, 0.25) is 35.4 Å². The molecule has 4 aliphatic rings. The summed E-state index contributed by atoms with van der Waals surface area (Å²) in [6, 6.07) is -1.89. The number of nitrogens with one attached hydrogen (secondary N) is 8. The van der Waals surface area contributed by atoms with E-state index >= 15 is 0 Å². The van der Waals surface area contributed by atoms with Crippen LogP contribution in [0.15, 0.2) is 24.3 Å². The summed E-state index contributed by atoms with van der Waals surface area (Å²) < 4.78 is 22.9. The highest BCUT2D eigenvalue weighted by atomic mass is 16.7. The van der Waals surface area contributed by atoms with E-state index in [-0.39, 0.29) is 37.1 Å². The summed E-state index contributed by atoms with van der Waals surface area (Å²) in [5, 5.41) is 23.3. The number of likely N-dealkylation sites (N-methyl/N-ethyl adjacent to an activating group) is 2. The molecule has 0 radical (unpaired) electrons. The molecule has 4 saturated heterocycles. The molecule has 4 aliphatic heterocycles. The Hall–Kier alpha value is -5.26. The van der Waals surface area contributed by atoms with E-state index in [0.29, 0.717) is 26.4 Å². The summed E-state index contributed by atoms with van der Waals surface area (Å²) in [4.78, 5) is 114. The smallest absolute Gasteiger partial charge is 0.251 e. The molecule has 402 valence electrons. The Morgan fingerprint density at radius 3 is 1.22 bits per heavy atom. The number of hydrogen-bond acceptors (Lipinski definition) is 14. The van der Waals surface area contributed by atoms with E-state index < -0.39 is 131 Å². The molecule has 22 heteroatoms. The fourth-order valence-corrected chi connectivity index (χ4v) is 9.00. The van der Waals surface area contributed by atoms with E-state index in [4.69, 9.17) is 18.9 Å². The molecule has 8 N–H and O–H groups in total. The summed E-state index contributed by atoms with van der Waals surface area (Å²) in [6.45, 7) is 19.5. The predicted molar refractivity (Wildman–Crippen MR) is 265 cm³/mol. The highest BCUT2D eigenvalue weighted by Crippen LogP contribution is 2.29. The van der Waals surface area contributed by atoms with Crippen molar-refractivity contribution in [2.24, 2.45) is 10.8 Å². The molecule has 1 aromatic rings. The van der Waals surface area contributed by atoms with Crippen LogP contribution in [0.25, 0.3) is 0 Å². The second kappa shape index (κ2) is 25.1. The normalized spacial score (nSPS) is 23.7. The van der Waals surface area contributed by atoms with Crippen molar-refractivity contribution in [3.63, 3.8) is 0 Å². The van der Waals surface area contributed by atoms with Crippen molar-refractivity contribution in [1.82, 2.24) is 52.3 Å². The lowest BCUT2D eigenvalue weighted by Gasteiger charge is -2.36. The molecule has 0 aromatic heterocycles. The van der Waals surface area contributed by atoms with Crippen LogP contribution in [-0.2, 0) is 47.7 Å². The summed E-state index contributed by atoms with van der Waals surface area (Å²) in [7, 11) is 3.26. The van der Waals surface area contributed by atoms with Crippen LogP contribution in [0.4, 0.5) is 0 Å². The van der Waals surface area contributed by atoms with E-state index in [2.05, 4.69) is 42.5 Å². The van der Waals surface area contributed by atoms with Crippen LogP contribution in [0.5, 0.6) is 0 Å². The Morgan fingerprint density at radius 2 is 0.903 bits per heavy atom. The molecule has 0 aliphatic carbocycles. The molecule has 1 aromatic carbocycles. The van der Waals surface area contributed by atoms with Gasteiger partial charge in [0, 0.05) is 36.3 Å². The van der Waals surface area contributed by atoms with Crippen molar-refractivity contribution in [3.8, 4) is 0 Å². The van der Waals surface area contributed by atoms with Gasteiger partial charge in [0.25, 0.3) is 11.8 Å². The van der Waals surface area contributed by atoms with Crippen LogP contribution in [0, 0.1) is 10.8 Å². The summed E-state index contributed by atoms with van der Waals surface area (Å²) in [5.74, 6) is -3.90. The molecule has 10 atom stereocenters. The molecule has 8 amide bonds. The van der Waals surface area contributed by atoms with Gasteiger partial charge in [-0.15, -0.1) is 0 Å².